The van der Waals surface area contributed by atoms with Crippen molar-refractivity contribution >= 4 is 23.4 Å². The molecule has 0 aromatic heterocycles. The minimum atomic E-state index is -4.83. The molecule has 0 spiro atoms. The van der Waals surface area contributed by atoms with Crippen molar-refractivity contribution in [2.24, 2.45) is 17.8 Å². The zero-order valence-electron chi connectivity index (χ0n) is 18.7. The summed E-state index contributed by atoms with van der Waals surface area (Å²) in [4.78, 5) is 42.3. The highest BCUT2D eigenvalue weighted by atomic mass is 19.4. The van der Waals surface area contributed by atoms with Gasteiger partial charge in [-0.05, 0) is 44.9 Å². The molecule has 10 heteroatoms. The Morgan fingerprint density at radius 3 is 2.44 bits per heavy atom. The SMILES string of the molecule is C.CCCN(C)C(=O)[C@@H]1C[C@@]2(C)O[C@]1(C)[C@@H]1C(=O)N(c3ccc(C#N)c(C(F)(F)F)c3)C(=O)[C@@H]12. The van der Waals surface area contributed by atoms with Crippen LogP contribution in [-0.2, 0) is 25.3 Å². The molecule has 0 radical (unpaired) electrons. The van der Waals surface area contributed by atoms with Crippen molar-refractivity contribution < 1.29 is 32.3 Å². The van der Waals surface area contributed by atoms with E-state index in [2.05, 4.69) is 0 Å². The predicted molar refractivity (Wildman–Crippen MR) is 116 cm³/mol. The Morgan fingerprint density at radius 2 is 1.88 bits per heavy atom. The molecule has 3 saturated heterocycles. The highest BCUT2D eigenvalue weighted by molar-refractivity contribution is 6.23. The summed E-state index contributed by atoms with van der Waals surface area (Å²) < 4.78 is 46.6. The fourth-order valence-corrected chi connectivity index (χ4v) is 5.86. The molecule has 3 aliphatic rings. The van der Waals surface area contributed by atoms with Gasteiger partial charge in [-0.2, -0.15) is 18.4 Å². The maximum atomic E-state index is 13.5. The summed E-state index contributed by atoms with van der Waals surface area (Å²) in [7, 11) is 1.67. The Morgan fingerprint density at radius 1 is 1.26 bits per heavy atom. The van der Waals surface area contributed by atoms with Crippen LogP contribution in [0.5, 0.6) is 0 Å². The minimum absolute atomic E-state index is 0. The van der Waals surface area contributed by atoms with Crippen molar-refractivity contribution in [3.05, 3.63) is 29.3 Å². The number of nitriles is 1. The van der Waals surface area contributed by atoms with Crippen LogP contribution in [0.2, 0.25) is 0 Å². The second-order valence-electron chi connectivity index (χ2n) is 9.42. The molecule has 1 aromatic rings. The predicted octanol–water partition coefficient (Wildman–Crippen LogP) is 3.75. The van der Waals surface area contributed by atoms with Crippen LogP contribution in [0.1, 0.15) is 52.2 Å². The largest absolute Gasteiger partial charge is 0.417 e. The van der Waals surface area contributed by atoms with Gasteiger partial charge in [-0.25, -0.2) is 4.90 Å². The average molecular weight is 479 g/mol. The van der Waals surface area contributed by atoms with Crippen molar-refractivity contribution in [3.8, 4) is 6.07 Å². The zero-order chi connectivity index (χ0) is 24.5. The monoisotopic (exact) mass is 479 g/mol. The van der Waals surface area contributed by atoms with Gasteiger partial charge in [0.15, 0.2) is 0 Å². The maximum Gasteiger partial charge on any atom is 0.417 e. The van der Waals surface area contributed by atoms with E-state index >= 15 is 0 Å². The van der Waals surface area contributed by atoms with Gasteiger partial charge in [0, 0.05) is 13.6 Å². The van der Waals surface area contributed by atoms with Crippen LogP contribution in [0.15, 0.2) is 18.2 Å². The fourth-order valence-electron chi connectivity index (χ4n) is 5.86. The molecule has 7 nitrogen and oxygen atoms in total. The van der Waals surface area contributed by atoms with Gasteiger partial charge in [0.2, 0.25) is 17.7 Å². The van der Waals surface area contributed by atoms with Gasteiger partial charge in [-0.3, -0.25) is 14.4 Å². The Hall–Kier alpha value is -2.93. The lowest BCUT2D eigenvalue weighted by atomic mass is 9.63. The number of fused-ring (bicyclic) bond motifs is 5. The third-order valence-electron chi connectivity index (χ3n) is 7.26. The fraction of sp³-hybridized carbons (Fsp3) is 0.583. The topological polar surface area (TPSA) is 90.7 Å². The van der Waals surface area contributed by atoms with Crippen LogP contribution < -0.4 is 4.90 Å². The minimum Gasteiger partial charge on any atom is -0.367 e. The van der Waals surface area contributed by atoms with E-state index in [0.29, 0.717) is 12.6 Å². The summed E-state index contributed by atoms with van der Waals surface area (Å²) in [6.07, 6.45) is -3.84. The molecular formula is C24H28F3N3O4. The van der Waals surface area contributed by atoms with Crippen molar-refractivity contribution in [1.82, 2.24) is 4.90 Å². The van der Waals surface area contributed by atoms with E-state index in [-0.39, 0.29) is 25.4 Å². The molecule has 3 heterocycles. The molecule has 4 rings (SSSR count). The van der Waals surface area contributed by atoms with E-state index < -0.39 is 58.1 Å². The first-order valence-corrected chi connectivity index (χ1v) is 10.7. The molecule has 0 unspecified atom stereocenters. The van der Waals surface area contributed by atoms with Gasteiger partial charge in [0.05, 0.1) is 51.8 Å². The summed E-state index contributed by atoms with van der Waals surface area (Å²) in [5, 5.41) is 9.03. The van der Waals surface area contributed by atoms with Crippen LogP contribution in [0, 0.1) is 29.1 Å². The van der Waals surface area contributed by atoms with E-state index in [0.717, 1.165) is 23.5 Å². The molecular weight excluding hydrogens is 451 g/mol. The zero-order valence-corrected chi connectivity index (χ0v) is 18.7. The number of rotatable bonds is 4. The highest BCUT2D eigenvalue weighted by Crippen LogP contribution is 2.63. The third-order valence-corrected chi connectivity index (χ3v) is 7.26. The Balaban J connectivity index is 0.00000324. The standard InChI is InChI=1S/C23H24F3N3O4.CH4/c1-5-8-28(4)18(30)15-10-21(2)16-17(22(15,3)33-21)20(32)29(19(16)31)13-7-6-12(11-27)14(9-13)23(24,25)26;/h6-7,9,15-17H,5,8,10H2,1-4H3;1H4/t15-,16+,17-,21+,22-;/m0./s1. The maximum absolute atomic E-state index is 13.5. The second kappa shape index (κ2) is 8.08. The van der Waals surface area contributed by atoms with Crippen molar-refractivity contribution in [2.75, 3.05) is 18.5 Å². The third kappa shape index (κ3) is 3.40. The van der Waals surface area contributed by atoms with E-state index in [9.17, 15) is 27.6 Å². The van der Waals surface area contributed by atoms with Crippen LogP contribution in [0.25, 0.3) is 0 Å². The van der Waals surface area contributed by atoms with Crippen molar-refractivity contribution in [3.63, 3.8) is 0 Å². The van der Waals surface area contributed by atoms with Crippen molar-refractivity contribution in [1.29, 1.82) is 5.26 Å². The van der Waals surface area contributed by atoms with Gasteiger partial charge in [-0.1, -0.05) is 14.4 Å². The number of hydrogen-bond acceptors (Lipinski definition) is 5. The average Bonchev–Trinajstić information content (AvgIpc) is 3.27. The summed E-state index contributed by atoms with van der Waals surface area (Å²) in [6, 6.07) is 4.25. The number of amides is 3. The highest BCUT2D eigenvalue weighted by Gasteiger charge is 2.77. The number of imide groups is 1. The Bertz CT molecular complexity index is 1100. The quantitative estimate of drug-likeness (QED) is 0.614. The number of carbonyl (C=O) groups excluding carboxylic acids is 3. The van der Waals surface area contributed by atoms with Crippen LogP contribution in [0.3, 0.4) is 0 Å². The molecule has 0 saturated carbocycles. The van der Waals surface area contributed by atoms with Crippen LogP contribution in [-0.4, -0.2) is 47.4 Å². The lowest BCUT2D eigenvalue weighted by Gasteiger charge is -2.36. The molecule has 1 aromatic carbocycles. The van der Waals surface area contributed by atoms with Gasteiger partial charge in [-0.15, -0.1) is 0 Å². The number of nitrogens with zero attached hydrogens (tertiary/aromatic N) is 3. The molecule has 3 aliphatic heterocycles. The summed E-state index contributed by atoms with van der Waals surface area (Å²) in [5.41, 5.74) is -4.40. The molecule has 3 amide bonds. The molecule has 0 N–H and O–H groups in total. The number of alkyl halides is 3. The number of hydrogen-bond donors (Lipinski definition) is 0. The van der Waals surface area contributed by atoms with E-state index in [4.69, 9.17) is 10.00 Å². The van der Waals surface area contributed by atoms with Crippen LogP contribution >= 0.6 is 0 Å². The van der Waals surface area contributed by atoms with Gasteiger partial charge in [0.25, 0.3) is 0 Å². The summed E-state index contributed by atoms with van der Waals surface area (Å²) in [6.45, 7) is 5.78. The molecule has 5 atom stereocenters. The molecule has 2 bridgehead atoms. The number of carbonyl (C=O) groups is 3. The number of benzene rings is 1. The number of anilines is 1. The number of halogens is 3. The lowest BCUT2D eigenvalue weighted by Crippen LogP contribution is -2.52. The number of ether oxygens (including phenoxy) is 1. The second-order valence-corrected chi connectivity index (χ2v) is 9.42. The van der Waals surface area contributed by atoms with Gasteiger partial charge >= 0.3 is 6.18 Å². The Kier molecular flexibility index (Phi) is 6.11. The summed E-state index contributed by atoms with van der Waals surface area (Å²) >= 11 is 0. The first kappa shape index (κ1) is 25.7. The first-order chi connectivity index (χ1) is 15.3. The van der Waals surface area contributed by atoms with E-state index in [1.807, 2.05) is 6.92 Å². The lowest BCUT2D eigenvalue weighted by molar-refractivity contribution is -0.144. The van der Waals surface area contributed by atoms with E-state index in [1.165, 1.54) is 6.07 Å². The molecule has 3 fully saturated rings. The smallest absolute Gasteiger partial charge is 0.367 e. The summed E-state index contributed by atoms with van der Waals surface area (Å²) in [5.74, 6) is -4.06. The van der Waals surface area contributed by atoms with Gasteiger partial charge in [0.1, 0.15) is 0 Å². The van der Waals surface area contributed by atoms with Crippen LogP contribution in [0.4, 0.5) is 18.9 Å². The van der Waals surface area contributed by atoms with Crippen molar-refractivity contribution in [2.45, 2.75) is 58.4 Å². The Labute approximate surface area is 196 Å². The van der Waals surface area contributed by atoms with Gasteiger partial charge < -0.3 is 9.64 Å². The normalized spacial score (nSPS) is 31.8. The first-order valence-electron chi connectivity index (χ1n) is 10.7. The molecule has 34 heavy (non-hydrogen) atoms. The van der Waals surface area contributed by atoms with E-state index in [1.54, 1.807) is 25.8 Å². The molecule has 0 aliphatic carbocycles. The molecule has 184 valence electrons.